The molecule has 0 spiro atoms. The van der Waals surface area contributed by atoms with E-state index < -0.39 is 21.3 Å². The predicted octanol–water partition coefficient (Wildman–Crippen LogP) is -3.27. The Balaban J connectivity index is 0.000000845. The van der Waals surface area contributed by atoms with Crippen LogP contribution in [0.25, 0.3) is 0 Å². The van der Waals surface area contributed by atoms with Crippen LogP contribution < -0.4 is 24.8 Å². The summed E-state index contributed by atoms with van der Waals surface area (Å²) >= 11 is -1.52. The fourth-order valence-electron chi connectivity index (χ4n) is 1.55. The zero-order valence-electron chi connectivity index (χ0n) is 7.84. The van der Waals surface area contributed by atoms with Gasteiger partial charge in [-0.1, -0.05) is 0 Å². The van der Waals surface area contributed by atoms with Crippen LogP contribution >= 0.6 is 0 Å². The molecule has 0 fully saturated rings. The van der Waals surface area contributed by atoms with Crippen molar-refractivity contribution in [2.24, 2.45) is 0 Å². The van der Waals surface area contributed by atoms with E-state index in [1.165, 1.54) is 12.8 Å². The first-order valence-corrected chi connectivity index (χ1v) is 8.48. The third kappa shape index (κ3) is 3.15. The van der Waals surface area contributed by atoms with Gasteiger partial charge in [-0.2, -0.15) is 0 Å². The van der Waals surface area contributed by atoms with Crippen LogP contribution in [-0.2, 0) is 21.3 Å². The molecular formula is C11H12Cl2Zr. The summed E-state index contributed by atoms with van der Waals surface area (Å²) in [6, 6.07) is 0. The number of allylic oxidation sites excluding steroid dienone is 8. The Hall–Kier alpha value is 0.293. The fraction of sp³-hybridized carbons (Fsp3) is 0.182. The van der Waals surface area contributed by atoms with E-state index in [9.17, 15) is 0 Å². The summed E-state index contributed by atoms with van der Waals surface area (Å²) in [6.07, 6.45) is 15.7. The van der Waals surface area contributed by atoms with E-state index in [2.05, 4.69) is 40.7 Å². The van der Waals surface area contributed by atoms with E-state index in [-0.39, 0.29) is 24.8 Å². The second-order valence-corrected chi connectivity index (χ2v) is 8.64. The van der Waals surface area contributed by atoms with E-state index in [0.29, 0.717) is 0 Å². The van der Waals surface area contributed by atoms with Gasteiger partial charge < -0.3 is 24.8 Å². The third-order valence-corrected chi connectivity index (χ3v) is 7.95. The third-order valence-electron chi connectivity index (χ3n) is 2.32. The Bertz CT molecular complexity index is 303. The molecular weight excluding hydrogens is 294 g/mol. The normalized spacial score (nSPS) is 16.2. The van der Waals surface area contributed by atoms with Gasteiger partial charge >= 0.3 is 81.3 Å². The monoisotopic (exact) mass is 304 g/mol. The van der Waals surface area contributed by atoms with Crippen molar-refractivity contribution in [3.63, 3.8) is 0 Å². The summed E-state index contributed by atoms with van der Waals surface area (Å²) in [4.78, 5) is 0. The minimum absolute atomic E-state index is 0. The molecule has 0 N–H and O–H groups in total. The summed E-state index contributed by atoms with van der Waals surface area (Å²) in [6.45, 7) is 0. The summed E-state index contributed by atoms with van der Waals surface area (Å²) < 4.78 is 7.67. The molecule has 0 aromatic carbocycles. The van der Waals surface area contributed by atoms with Crippen molar-refractivity contribution in [2.45, 2.75) is 12.8 Å². The smallest absolute Gasteiger partial charge is 1.00 e. The summed E-state index contributed by atoms with van der Waals surface area (Å²) in [5.41, 5.74) is 0. The van der Waals surface area contributed by atoms with Crippen LogP contribution in [0.4, 0.5) is 0 Å². The van der Waals surface area contributed by atoms with Crippen LogP contribution in [0, 0.1) is 0 Å². The van der Waals surface area contributed by atoms with Gasteiger partial charge in [-0.3, -0.25) is 0 Å². The molecule has 0 amide bonds. The van der Waals surface area contributed by atoms with E-state index in [1.54, 1.807) is 6.56 Å². The molecule has 2 rings (SSSR count). The zero-order valence-corrected chi connectivity index (χ0v) is 11.8. The minimum Gasteiger partial charge on any atom is -1.00 e. The van der Waals surface area contributed by atoms with Crippen molar-refractivity contribution in [1.29, 1.82) is 0 Å². The molecule has 0 atom stereocenters. The number of rotatable bonds is 2. The van der Waals surface area contributed by atoms with E-state index in [0.717, 1.165) is 0 Å². The van der Waals surface area contributed by atoms with Gasteiger partial charge in [0.05, 0.1) is 0 Å². The first-order valence-electron chi connectivity index (χ1n) is 4.29. The van der Waals surface area contributed by atoms with Gasteiger partial charge in [0.1, 0.15) is 0 Å². The Morgan fingerprint density at radius 3 is 1.64 bits per heavy atom. The first kappa shape index (κ1) is 14.3. The molecule has 0 aromatic heterocycles. The first-order chi connectivity index (χ1) is 5.88. The molecule has 0 aromatic rings. The molecule has 0 bridgehead atoms. The average Bonchev–Trinajstić information content (AvgIpc) is 2.77. The molecule has 0 unspecified atom stereocenters. The molecule has 0 saturated heterocycles. The fourth-order valence-corrected chi connectivity index (χ4v) is 5.81. The Morgan fingerprint density at radius 2 is 1.36 bits per heavy atom. The Labute approximate surface area is 105 Å². The van der Waals surface area contributed by atoms with E-state index in [1.807, 2.05) is 0 Å². The molecule has 74 valence electrons. The van der Waals surface area contributed by atoms with Gasteiger partial charge in [-0.05, 0) is 0 Å². The number of halogens is 2. The van der Waals surface area contributed by atoms with Crippen LogP contribution in [0.1, 0.15) is 12.8 Å². The maximum absolute atomic E-state index is 4.38. The SMILES string of the molecule is [CH2]=[Zr+2]([C]1=CC=CC1)[C]1=CC=CC1.[Cl-].[Cl-]. The summed E-state index contributed by atoms with van der Waals surface area (Å²) in [7, 11) is 0. The van der Waals surface area contributed by atoms with Crippen molar-refractivity contribution >= 4 is 4.21 Å². The summed E-state index contributed by atoms with van der Waals surface area (Å²) in [5, 5.41) is 0. The second kappa shape index (κ2) is 6.72. The van der Waals surface area contributed by atoms with Crippen LogP contribution in [0.15, 0.2) is 43.0 Å². The molecule has 2 aliphatic carbocycles. The van der Waals surface area contributed by atoms with Crippen LogP contribution in [0.5, 0.6) is 0 Å². The Kier molecular flexibility index (Phi) is 6.86. The Morgan fingerprint density at radius 1 is 0.929 bits per heavy atom. The zero-order chi connectivity index (χ0) is 8.39. The van der Waals surface area contributed by atoms with Crippen molar-refractivity contribution in [1.82, 2.24) is 0 Å². The summed E-state index contributed by atoms with van der Waals surface area (Å²) in [5.74, 6) is 0. The van der Waals surface area contributed by atoms with Gasteiger partial charge in [-0.15, -0.1) is 0 Å². The van der Waals surface area contributed by atoms with Crippen LogP contribution in [0.3, 0.4) is 0 Å². The number of hydrogen-bond acceptors (Lipinski definition) is 0. The molecule has 2 aliphatic rings. The van der Waals surface area contributed by atoms with Crippen molar-refractivity contribution in [3.8, 4) is 0 Å². The van der Waals surface area contributed by atoms with Gasteiger partial charge in [0.2, 0.25) is 0 Å². The van der Waals surface area contributed by atoms with Gasteiger partial charge in [0.15, 0.2) is 0 Å². The van der Waals surface area contributed by atoms with Gasteiger partial charge in [0.25, 0.3) is 0 Å². The van der Waals surface area contributed by atoms with Crippen LogP contribution in [0.2, 0.25) is 0 Å². The molecule has 0 saturated carbocycles. The van der Waals surface area contributed by atoms with Crippen molar-refractivity contribution < 1.29 is 46.1 Å². The molecule has 0 radical (unpaired) electrons. The van der Waals surface area contributed by atoms with Gasteiger partial charge in [0, 0.05) is 0 Å². The molecule has 3 heteroatoms. The molecule has 14 heavy (non-hydrogen) atoms. The second-order valence-electron chi connectivity index (χ2n) is 3.13. The number of hydrogen-bond donors (Lipinski definition) is 0. The minimum atomic E-state index is -1.52. The van der Waals surface area contributed by atoms with E-state index in [4.69, 9.17) is 0 Å². The maximum Gasteiger partial charge on any atom is -1.00 e. The molecule has 0 heterocycles. The van der Waals surface area contributed by atoms with E-state index >= 15 is 0 Å². The average molecular weight is 306 g/mol. The quantitative estimate of drug-likeness (QED) is 0.502. The van der Waals surface area contributed by atoms with Gasteiger partial charge in [-0.25, -0.2) is 0 Å². The largest absolute Gasteiger partial charge is 1.00 e. The van der Waals surface area contributed by atoms with Crippen molar-refractivity contribution in [3.05, 3.63) is 43.0 Å². The standard InChI is InChI=1S/2C5H5.CH2.2ClH.Zr/c2*1-2-4-5-3-1;;;;/h2*1-3H,4H2;1H2;2*1H;/q;;;;;+2/p-2. The topological polar surface area (TPSA) is 0 Å². The predicted molar refractivity (Wildman–Crippen MR) is 50.8 cm³/mol. The molecule has 0 aliphatic heterocycles. The maximum atomic E-state index is 4.38. The van der Waals surface area contributed by atoms with Crippen molar-refractivity contribution in [2.75, 3.05) is 0 Å². The molecule has 0 nitrogen and oxygen atoms in total. The van der Waals surface area contributed by atoms with Crippen LogP contribution in [-0.4, -0.2) is 4.21 Å².